The molecule has 0 saturated carbocycles. The molecule has 0 radical (unpaired) electrons. The summed E-state index contributed by atoms with van der Waals surface area (Å²) in [6, 6.07) is 5.30. The minimum atomic E-state index is 0.478. The van der Waals surface area contributed by atoms with E-state index in [1.165, 1.54) is 0 Å². The number of hydrogen-bond acceptors (Lipinski definition) is 4. The highest BCUT2D eigenvalue weighted by Crippen LogP contribution is 2.33. The maximum absolute atomic E-state index is 6.18. The summed E-state index contributed by atoms with van der Waals surface area (Å²) in [5.74, 6) is 6.55. The molecule has 0 amide bonds. The smallest absolute Gasteiger partial charge is 0.164 e. The molecule has 0 saturated heterocycles. The first-order valence-corrected chi connectivity index (χ1v) is 6.62. The summed E-state index contributed by atoms with van der Waals surface area (Å²) in [6.07, 6.45) is 0.776. The van der Waals surface area contributed by atoms with E-state index in [1.54, 1.807) is 18.2 Å². The van der Waals surface area contributed by atoms with Gasteiger partial charge in [0.15, 0.2) is 5.82 Å². The largest absolute Gasteiger partial charge is 0.308 e. The number of anilines is 1. The molecule has 0 bridgehead atoms. The van der Waals surface area contributed by atoms with Crippen molar-refractivity contribution in [3.05, 3.63) is 39.5 Å². The van der Waals surface area contributed by atoms with Gasteiger partial charge < -0.3 is 5.43 Å². The first-order valence-electron chi connectivity index (χ1n) is 5.87. The van der Waals surface area contributed by atoms with Crippen LogP contribution in [0.25, 0.3) is 11.4 Å². The number of hydrazine groups is 1. The number of hydrogen-bond donors (Lipinski definition) is 2. The molecule has 2 aromatic rings. The molecule has 0 aliphatic carbocycles. The Balaban J connectivity index is 2.69. The van der Waals surface area contributed by atoms with E-state index in [1.807, 2.05) is 13.8 Å². The normalized spacial score (nSPS) is 10.6. The third kappa shape index (κ3) is 2.66. The van der Waals surface area contributed by atoms with Gasteiger partial charge in [0.1, 0.15) is 5.82 Å². The number of aryl methyl sites for hydroxylation is 1. The van der Waals surface area contributed by atoms with Gasteiger partial charge in [0, 0.05) is 11.3 Å². The van der Waals surface area contributed by atoms with Gasteiger partial charge in [-0.05, 0) is 25.5 Å². The maximum Gasteiger partial charge on any atom is 0.164 e. The van der Waals surface area contributed by atoms with Crippen molar-refractivity contribution in [3.8, 4) is 11.4 Å². The fourth-order valence-corrected chi connectivity index (χ4v) is 2.44. The molecule has 0 aliphatic heterocycles. The van der Waals surface area contributed by atoms with Crippen molar-refractivity contribution in [2.45, 2.75) is 20.3 Å². The summed E-state index contributed by atoms with van der Waals surface area (Å²) < 4.78 is 0. The zero-order chi connectivity index (χ0) is 14.0. The molecule has 1 aromatic heterocycles. The first kappa shape index (κ1) is 14.1. The summed E-state index contributed by atoms with van der Waals surface area (Å²) in [6.45, 7) is 3.94. The van der Waals surface area contributed by atoms with E-state index >= 15 is 0 Å². The van der Waals surface area contributed by atoms with Crippen LogP contribution in [0.15, 0.2) is 18.2 Å². The van der Waals surface area contributed by atoms with Crippen molar-refractivity contribution in [1.29, 1.82) is 0 Å². The second-order valence-electron chi connectivity index (χ2n) is 4.06. The van der Waals surface area contributed by atoms with Gasteiger partial charge in [0.05, 0.1) is 15.6 Å². The number of nitrogens with two attached hydrogens (primary N) is 1. The van der Waals surface area contributed by atoms with Crippen LogP contribution in [0.4, 0.5) is 5.82 Å². The zero-order valence-corrected chi connectivity index (χ0v) is 12.2. The van der Waals surface area contributed by atoms with Crippen LogP contribution in [0, 0.1) is 6.92 Å². The lowest BCUT2D eigenvalue weighted by Gasteiger charge is -2.12. The number of nitrogens with zero attached hydrogens (tertiary/aromatic N) is 2. The van der Waals surface area contributed by atoms with Crippen LogP contribution >= 0.6 is 23.2 Å². The van der Waals surface area contributed by atoms with Gasteiger partial charge in [0.25, 0.3) is 0 Å². The summed E-state index contributed by atoms with van der Waals surface area (Å²) in [5.41, 5.74) is 5.04. The van der Waals surface area contributed by atoms with E-state index in [2.05, 4.69) is 15.4 Å². The fourth-order valence-electron chi connectivity index (χ4n) is 1.87. The average molecular weight is 297 g/mol. The van der Waals surface area contributed by atoms with Crippen LogP contribution in [-0.2, 0) is 6.42 Å². The Morgan fingerprint density at radius 3 is 2.37 bits per heavy atom. The second-order valence-corrected chi connectivity index (χ2v) is 4.88. The second kappa shape index (κ2) is 5.74. The zero-order valence-electron chi connectivity index (χ0n) is 10.7. The fraction of sp³-hybridized carbons (Fsp3) is 0.231. The predicted octanol–water partition coefficient (Wildman–Crippen LogP) is 3.61. The van der Waals surface area contributed by atoms with Gasteiger partial charge in [-0.25, -0.2) is 15.8 Å². The van der Waals surface area contributed by atoms with Crippen molar-refractivity contribution >= 4 is 29.0 Å². The molecule has 1 aromatic carbocycles. The van der Waals surface area contributed by atoms with E-state index in [9.17, 15) is 0 Å². The molecule has 1 heterocycles. The molecule has 100 valence electrons. The maximum atomic E-state index is 6.18. The summed E-state index contributed by atoms with van der Waals surface area (Å²) >= 11 is 12.4. The monoisotopic (exact) mass is 296 g/mol. The van der Waals surface area contributed by atoms with Gasteiger partial charge in [0.2, 0.25) is 0 Å². The first-order chi connectivity index (χ1) is 9.08. The van der Waals surface area contributed by atoms with Crippen molar-refractivity contribution in [2.75, 3.05) is 5.43 Å². The molecular formula is C13H14Cl2N4. The van der Waals surface area contributed by atoms with E-state index in [0.717, 1.165) is 17.7 Å². The number of aromatic nitrogens is 2. The number of nitrogen functional groups attached to an aromatic ring is 1. The van der Waals surface area contributed by atoms with E-state index in [4.69, 9.17) is 29.0 Å². The molecule has 0 fully saturated rings. The number of nitrogens with one attached hydrogen (secondary N) is 1. The van der Waals surface area contributed by atoms with Crippen LogP contribution in [0.2, 0.25) is 10.0 Å². The van der Waals surface area contributed by atoms with Crippen molar-refractivity contribution < 1.29 is 0 Å². The lowest BCUT2D eigenvalue weighted by Crippen LogP contribution is -2.13. The number of halogens is 2. The average Bonchev–Trinajstić information content (AvgIpc) is 2.40. The highest BCUT2D eigenvalue weighted by molar-refractivity contribution is 6.38. The minimum Gasteiger partial charge on any atom is -0.308 e. The highest BCUT2D eigenvalue weighted by Gasteiger charge is 2.15. The number of rotatable bonds is 3. The SMILES string of the molecule is CCc1nc(-c2c(Cl)cccc2Cl)nc(NN)c1C. The molecule has 19 heavy (non-hydrogen) atoms. The van der Waals surface area contributed by atoms with Crippen molar-refractivity contribution in [2.24, 2.45) is 5.84 Å². The molecule has 0 spiro atoms. The standard InChI is InChI=1S/C13H14Cl2N4/c1-3-10-7(2)12(19-16)18-13(17-10)11-8(14)5-4-6-9(11)15/h4-6H,3,16H2,1-2H3,(H,17,18,19). The molecule has 0 atom stereocenters. The molecular weight excluding hydrogens is 283 g/mol. The Morgan fingerprint density at radius 1 is 1.21 bits per heavy atom. The van der Waals surface area contributed by atoms with Gasteiger partial charge >= 0.3 is 0 Å². The van der Waals surface area contributed by atoms with Crippen molar-refractivity contribution in [1.82, 2.24) is 9.97 Å². The van der Waals surface area contributed by atoms with Crippen molar-refractivity contribution in [3.63, 3.8) is 0 Å². The van der Waals surface area contributed by atoms with Gasteiger partial charge in [-0.2, -0.15) is 0 Å². The van der Waals surface area contributed by atoms with Gasteiger partial charge in [-0.15, -0.1) is 0 Å². The Hall–Kier alpha value is -1.36. The lowest BCUT2D eigenvalue weighted by atomic mass is 10.1. The van der Waals surface area contributed by atoms with Crippen LogP contribution in [-0.4, -0.2) is 9.97 Å². The molecule has 6 heteroatoms. The third-order valence-electron chi connectivity index (χ3n) is 2.90. The Labute approximate surface area is 121 Å². The van der Waals surface area contributed by atoms with Gasteiger partial charge in [-0.3, -0.25) is 0 Å². The predicted molar refractivity (Wildman–Crippen MR) is 79.4 cm³/mol. The number of benzene rings is 1. The molecule has 4 nitrogen and oxygen atoms in total. The minimum absolute atomic E-state index is 0.478. The quantitative estimate of drug-likeness (QED) is 0.671. The van der Waals surface area contributed by atoms with Crippen LogP contribution in [0.3, 0.4) is 0 Å². The van der Waals surface area contributed by atoms with E-state index in [0.29, 0.717) is 27.3 Å². The molecule has 3 N–H and O–H groups in total. The van der Waals surface area contributed by atoms with Crippen LogP contribution in [0.5, 0.6) is 0 Å². The molecule has 0 unspecified atom stereocenters. The summed E-state index contributed by atoms with van der Waals surface area (Å²) in [4.78, 5) is 8.89. The third-order valence-corrected chi connectivity index (χ3v) is 3.53. The lowest BCUT2D eigenvalue weighted by molar-refractivity contribution is 0.973. The topological polar surface area (TPSA) is 63.8 Å². The Bertz CT molecular complexity index is 568. The van der Waals surface area contributed by atoms with E-state index < -0.39 is 0 Å². The Kier molecular flexibility index (Phi) is 4.24. The summed E-state index contributed by atoms with van der Waals surface area (Å²) in [5, 5.41) is 1.03. The van der Waals surface area contributed by atoms with Crippen LogP contribution < -0.4 is 11.3 Å². The van der Waals surface area contributed by atoms with Crippen LogP contribution in [0.1, 0.15) is 18.2 Å². The molecule has 0 aliphatic rings. The van der Waals surface area contributed by atoms with E-state index in [-0.39, 0.29) is 0 Å². The molecule has 2 rings (SSSR count). The summed E-state index contributed by atoms with van der Waals surface area (Å²) in [7, 11) is 0. The Morgan fingerprint density at radius 2 is 1.84 bits per heavy atom. The van der Waals surface area contributed by atoms with Gasteiger partial charge in [-0.1, -0.05) is 36.2 Å². The highest BCUT2D eigenvalue weighted by atomic mass is 35.5.